The Kier molecular flexibility index (Phi) is 4.43. The van der Waals surface area contributed by atoms with Crippen molar-refractivity contribution >= 4 is 23.4 Å². The molecule has 0 fully saturated rings. The number of nitrogens with one attached hydrogen (secondary N) is 2. The standard InChI is InChI=1S/C17H22N4S/c1-11-7-8-14(9-11)10-18-16-17(21-22-20-16)19-15-6-4-5-12(2)13(15)3/h6-8H,4-5,9-10H2,1-3H3,(H,18,20)(H,19,21). The molecule has 1 aromatic rings. The molecule has 0 amide bonds. The van der Waals surface area contributed by atoms with E-state index in [4.69, 9.17) is 0 Å². The van der Waals surface area contributed by atoms with Crippen molar-refractivity contribution in [1.29, 1.82) is 0 Å². The summed E-state index contributed by atoms with van der Waals surface area (Å²) in [7, 11) is 0. The molecule has 22 heavy (non-hydrogen) atoms. The SMILES string of the molecule is CC1=CC=C(CNc2nsnc2NC2=CCCC(C)=C2C)C1. The summed E-state index contributed by atoms with van der Waals surface area (Å²) >= 11 is 1.24. The summed E-state index contributed by atoms with van der Waals surface area (Å²) in [5.41, 5.74) is 6.73. The first-order chi connectivity index (χ1) is 10.6. The molecule has 3 rings (SSSR count). The van der Waals surface area contributed by atoms with Gasteiger partial charge in [0.25, 0.3) is 0 Å². The van der Waals surface area contributed by atoms with Gasteiger partial charge in [-0.3, -0.25) is 0 Å². The fourth-order valence-corrected chi connectivity index (χ4v) is 3.20. The zero-order valence-electron chi connectivity index (χ0n) is 13.4. The van der Waals surface area contributed by atoms with Crippen LogP contribution in [-0.2, 0) is 0 Å². The Morgan fingerprint density at radius 3 is 2.73 bits per heavy atom. The quantitative estimate of drug-likeness (QED) is 0.830. The molecule has 0 aromatic carbocycles. The van der Waals surface area contributed by atoms with Crippen molar-refractivity contribution in [3.63, 3.8) is 0 Å². The Morgan fingerprint density at radius 1 is 1.14 bits per heavy atom. The maximum absolute atomic E-state index is 4.39. The van der Waals surface area contributed by atoms with Gasteiger partial charge in [0.1, 0.15) is 0 Å². The molecular weight excluding hydrogens is 292 g/mol. The lowest BCUT2D eigenvalue weighted by atomic mass is 9.97. The molecule has 0 saturated carbocycles. The van der Waals surface area contributed by atoms with Gasteiger partial charge >= 0.3 is 0 Å². The molecule has 0 spiro atoms. The van der Waals surface area contributed by atoms with Crippen LogP contribution in [-0.4, -0.2) is 15.3 Å². The summed E-state index contributed by atoms with van der Waals surface area (Å²) in [6.45, 7) is 7.34. The molecule has 0 radical (unpaired) electrons. The number of nitrogens with zero attached hydrogens (tertiary/aromatic N) is 2. The summed E-state index contributed by atoms with van der Waals surface area (Å²) in [5, 5.41) is 6.84. The predicted molar refractivity (Wildman–Crippen MR) is 94.2 cm³/mol. The van der Waals surface area contributed by atoms with Crippen LogP contribution in [0.2, 0.25) is 0 Å². The zero-order chi connectivity index (χ0) is 15.5. The highest BCUT2D eigenvalue weighted by molar-refractivity contribution is 6.99. The van der Waals surface area contributed by atoms with Crippen molar-refractivity contribution in [3.05, 3.63) is 46.2 Å². The zero-order valence-corrected chi connectivity index (χ0v) is 14.2. The maximum Gasteiger partial charge on any atom is 0.188 e. The van der Waals surface area contributed by atoms with Crippen LogP contribution in [0.1, 0.15) is 40.0 Å². The van der Waals surface area contributed by atoms with Crippen LogP contribution in [0.15, 0.2) is 46.2 Å². The largest absolute Gasteiger partial charge is 0.362 e. The van der Waals surface area contributed by atoms with E-state index in [1.54, 1.807) is 0 Å². The van der Waals surface area contributed by atoms with Gasteiger partial charge in [0.2, 0.25) is 0 Å². The van der Waals surface area contributed by atoms with E-state index in [0.717, 1.165) is 43.1 Å². The predicted octanol–water partition coefficient (Wildman–Crippen LogP) is 4.65. The minimum absolute atomic E-state index is 0.820. The highest BCUT2D eigenvalue weighted by Crippen LogP contribution is 2.28. The molecule has 4 nitrogen and oxygen atoms in total. The Hall–Kier alpha value is -1.88. The van der Waals surface area contributed by atoms with Crippen LogP contribution in [0.5, 0.6) is 0 Å². The molecule has 2 aliphatic carbocycles. The van der Waals surface area contributed by atoms with Crippen molar-refractivity contribution < 1.29 is 0 Å². The molecule has 0 bridgehead atoms. The number of hydrogen-bond acceptors (Lipinski definition) is 5. The number of allylic oxidation sites excluding steroid dienone is 6. The molecule has 0 saturated heterocycles. The summed E-state index contributed by atoms with van der Waals surface area (Å²) in [6, 6.07) is 0. The fraction of sp³-hybridized carbons (Fsp3) is 0.412. The second kappa shape index (κ2) is 6.48. The molecule has 0 aliphatic heterocycles. The molecule has 5 heteroatoms. The van der Waals surface area contributed by atoms with Gasteiger partial charge in [-0.15, -0.1) is 0 Å². The van der Waals surface area contributed by atoms with Crippen LogP contribution in [0.25, 0.3) is 0 Å². The van der Waals surface area contributed by atoms with Crippen LogP contribution < -0.4 is 10.6 Å². The number of hydrogen-bond donors (Lipinski definition) is 2. The maximum atomic E-state index is 4.39. The van der Waals surface area contributed by atoms with E-state index in [-0.39, 0.29) is 0 Å². The van der Waals surface area contributed by atoms with Gasteiger partial charge in [-0.1, -0.05) is 29.4 Å². The van der Waals surface area contributed by atoms with Gasteiger partial charge in [-0.25, -0.2) is 0 Å². The first-order valence-electron chi connectivity index (χ1n) is 7.69. The smallest absolute Gasteiger partial charge is 0.188 e. The molecule has 1 heterocycles. The minimum Gasteiger partial charge on any atom is -0.362 e. The van der Waals surface area contributed by atoms with Crippen molar-refractivity contribution in [2.45, 2.75) is 40.0 Å². The number of aromatic nitrogens is 2. The number of anilines is 2. The van der Waals surface area contributed by atoms with Crippen molar-refractivity contribution in [3.8, 4) is 0 Å². The van der Waals surface area contributed by atoms with Gasteiger partial charge < -0.3 is 10.6 Å². The summed E-state index contributed by atoms with van der Waals surface area (Å²) in [6.07, 6.45) is 9.91. The number of rotatable bonds is 5. The topological polar surface area (TPSA) is 49.8 Å². The van der Waals surface area contributed by atoms with Crippen LogP contribution >= 0.6 is 11.7 Å². The molecule has 2 aliphatic rings. The first kappa shape index (κ1) is 15.0. The van der Waals surface area contributed by atoms with Crippen LogP contribution in [0, 0.1) is 0 Å². The van der Waals surface area contributed by atoms with Crippen molar-refractivity contribution in [1.82, 2.24) is 8.75 Å². The van der Waals surface area contributed by atoms with E-state index in [2.05, 4.69) is 58.4 Å². The second-order valence-corrected chi connectivity index (χ2v) is 6.54. The summed E-state index contributed by atoms with van der Waals surface area (Å²) in [4.78, 5) is 0. The third-order valence-corrected chi connectivity index (χ3v) is 4.77. The van der Waals surface area contributed by atoms with Gasteiger partial charge in [0.05, 0.1) is 11.7 Å². The summed E-state index contributed by atoms with van der Waals surface area (Å²) in [5.74, 6) is 1.67. The summed E-state index contributed by atoms with van der Waals surface area (Å²) < 4.78 is 8.77. The molecule has 1 aromatic heterocycles. The van der Waals surface area contributed by atoms with Gasteiger partial charge in [-0.2, -0.15) is 8.75 Å². The average molecular weight is 314 g/mol. The lowest BCUT2D eigenvalue weighted by molar-refractivity contribution is 0.919. The fourth-order valence-electron chi connectivity index (χ4n) is 2.72. The van der Waals surface area contributed by atoms with Crippen molar-refractivity contribution in [2.75, 3.05) is 17.2 Å². The molecular formula is C17H22N4S. The van der Waals surface area contributed by atoms with Gasteiger partial charge in [0.15, 0.2) is 11.6 Å². The Balaban J connectivity index is 1.64. The Bertz CT molecular complexity index is 691. The van der Waals surface area contributed by atoms with Crippen LogP contribution in [0.3, 0.4) is 0 Å². The average Bonchev–Trinajstić information content (AvgIpc) is 3.11. The monoisotopic (exact) mass is 314 g/mol. The van der Waals surface area contributed by atoms with E-state index >= 15 is 0 Å². The van der Waals surface area contributed by atoms with E-state index < -0.39 is 0 Å². The normalized spacial score (nSPS) is 18.0. The van der Waals surface area contributed by atoms with E-state index in [9.17, 15) is 0 Å². The van der Waals surface area contributed by atoms with E-state index in [1.807, 2.05) is 0 Å². The second-order valence-electron chi connectivity index (χ2n) is 6.02. The minimum atomic E-state index is 0.820. The van der Waals surface area contributed by atoms with E-state index in [0.29, 0.717) is 0 Å². The third kappa shape index (κ3) is 3.30. The Labute approximate surface area is 136 Å². The van der Waals surface area contributed by atoms with Gasteiger partial charge in [-0.05, 0) is 51.2 Å². The lowest BCUT2D eigenvalue weighted by Gasteiger charge is -2.18. The highest BCUT2D eigenvalue weighted by Gasteiger charge is 2.14. The highest BCUT2D eigenvalue weighted by atomic mass is 32.1. The lowest BCUT2D eigenvalue weighted by Crippen LogP contribution is -2.10. The van der Waals surface area contributed by atoms with Gasteiger partial charge in [0, 0.05) is 12.2 Å². The molecule has 0 unspecified atom stereocenters. The van der Waals surface area contributed by atoms with Crippen LogP contribution in [0.4, 0.5) is 11.6 Å². The molecule has 116 valence electrons. The Morgan fingerprint density at radius 2 is 1.95 bits per heavy atom. The van der Waals surface area contributed by atoms with Crippen molar-refractivity contribution in [2.24, 2.45) is 0 Å². The molecule has 0 atom stereocenters. The van der Waals surface area contributed by atoms with E-state index in [1.165, 1.54) is 34.0 Å². The first-order valence-corrected chi connectivity index (χ1v) is 8.42. The third-order valence-electron chi connectivity index (χ3n) is 4.25. The molecule has 2 N–H and O–H groups in total.